The van der Waals surface area contributed by atoms with Crippen LogP contribution in [0.5, 0.6) is 0 Å². The minimum absolute atomic E-state index is 0.101. The molecule has 92 valence electrons. The van der Waals surface area contributed by atoms with E-state index in [4.69, 9.17) is 11.6 Å². The van der Waals surface area contributed by atoms with Gasteiger partial charge in [-0.2, -0.15) is 0 Å². The van der Waals surface area contributed by atoms with Gasteiger partial charge in [0.1, 0.15) is 11.9 Å². The lowest BCUT2D eigenvalue weighted by atomic mass is 10.3. The summed E-state index contributed by atoms with van der Waals surface area (Å²) in [6.07, 6.45) is 2.45. The molecular weight excluding hydrogens is 278 g/mol. The van der Waals surface area contributed by atoms with Crippen molar-refractivity contribution in [1.29, 1.82) is 0 Å². The first-order chi connectivity index (χ1) is 8.58. The van der Waals surface area contributed by atoms with Gasteiger partial charge in [0, 0.05) is 6.20 Å². The number of carbonyl (C=O) groups is 1. The zero-order chi connectivity index (χ0) is 13.1. The number of anilines is 1. The van der Waals surface area contributed by atoms with Gasteiger partial charge in [-0.25, -0.2) is 0 Å². The second-order valence-electron chi connectivity index (χ2n) is 3.21. The van der Waals surface area contributed by atoms with Gasteiger partial charge in [-0.3, -0.25) is 19.9 Å². The van der Waals surface area contributed by atoms with Gasteiger partial charge in [0.2, 0.25) is 0 Å². The van der Waals surface area contributed by atoms with E-state index in [1.54, 1.807) is 12.1 Å². The fourth-order valence-electron chi connectivity index (χ4n) is 1.26. The molecule has 2 heterocycles. The Balaban J connectivity index is 2.24. The Hall–Kier alpha value is -1.99. The number of rotatable bonds is 3. The maximum absolute atomic E-state index is 11.8. The molecule has 6 nitrogen and oxygen atoms in total. The number of thiophene rings is 1. The van der Waals surface area contributed by atoms with Crippen LogP contribution in [0.3, 0.4) is 0 Å². The number of pyridine rings is 1. The summed E-state index contributed by atoms with van der Waals surface area (Å²) < 4.78 is 0.476. The van der Waals surface area contributed by atoms with E-state index in [-0.39, 0.29) is 11.4 Å². The lowest BCUT2D eigenvalue weighted by Crippen LogP contribution is -2.11. The number of carbonyl (C=O) groups excluding carboxylic acids is 1. The number of nitro groups is 1. The quantitative estimate of drug-likeness (QED) is 0.693. The first kappa shape index (κ1) is 12.5. The number of aromatic nitrogens is 1. The molecule has 2 aromatic heterocycles. The molecule has 8 heteroatoms. The largest absolute Gasteiger partial charge is 0.315 e. The highest BCUT2D eigenvalue weighted by molar-refractivity contribution is 7.18. The third-order valence-electron chi connectivity index (χ3n) is 2.04. The van der Waals surface area contributed by atoms with Crippen LogP contribution < -0.4 is 5.32 Å². The number of nitrogens with zero attached hydrogens (tertiary/aromatic N) is 2. The van der Waals surface area contributed by atoms with Crippen molar-refractivity contribution in [3.63, 3.8) is 0 Å². The molecule has 0 bridgehead atoms. The van der Waals surface area contributed by atoms with Gasteiger partial charge in [-0.05, 0) is 18.2 Å². The van der Waals surface area contributed by atoms with Crippen LogP contribution in [0.25, 0.3) is 0 Å². The van der Waals surface area contributed by atoms with Gasteiger partial charge >= 0.3 is 5.69 Å². The molecule has 0 radical (unpaired) electrons. The van der Waals surface area contributed by atoms with Gasteiger partial charge in [-0.1, -0.05) is 11.6 Å². The van der Waals surface area contributed by atoms with Gasteiger partial charge in [0.05, 0.1) is 14.1 Å². The fourth-order valence-corrected chi connectivity index (χ4v) is 2.20. The van der Waals surface area contributed by atoms with E-state index in [0.717, 1.165) is 17.5 Å². The van der Waals surface area contributed by atoms with Gasteiger partial charge in [0.25, 0.3) is 5.91 Å². The average molecular weight is 284 g/mol. The molecule has 0 saturated heterocycles. The Bertz CT molecular complexity index is 614. The number of halogens is 1. The van der Waals surface area contributed by atoms with Crippen molar-refractivity contribution >= 4 is 40.2 Å². The van der Waals surface area contributed by atoms with Crippen molar-refractivity contribution in [3.05, 3.63) is 49.9 Å². The van der Waals surface area contributed by atoms with Gasteiger partial charge in [-0.15, -0.1) is 11.3 Å². The summed E-state index contributed by atoms with van der Waals surface area (Å²) in [5.41, 5.74) is -0.155. The van der Waals surface area contributed by atoms with Crippen molar-refractivity contribution in [2.24, 2.45) is 0 Å². The fraction of sp³-hybridized carbons (Fsp3) is 0. The predicted octanol–water partition coefficient (Wildman–Crippen LogP) is 2.96. The van der Waals surface area contributed by atoms with Crippen LogP contribution in [0.4, 0.5) is 11.4 Å². The molecule has 0 unspecified atom stereocenters. The molecule has 0 aliphatic rings. The standard InChI is InChI=1S/C10H6ClN3O3S/c11-9-2-1-8(18-9)10(15)13-6-3-4-12-5-7(6)14(16)17/h1-5H,(H,12,13,15). The average Bonchev–Trinajstić information content (AvgIpc) is 2.76. The van der Waals surface area contributed by atoms with Gasteiger partial charge in [0.15, 0.2) is 0 Å². The Morgan fingerprint density at radius 2 is 2.22 bits per heavy atom. The minimum Gasteiger partial charge on any atom is -0.315 e. The van der Waals surface area contributed by atoms with Crippen molar-refractivity contribution in [3.8, 4) is 0 Å². The zero-order valence-corrected chi connectivity index (χ0v) is 10.4. The van der Waals surface area contributed by atoms with Crippen LogP contribution in [-0.4, -0.2) is 15.8 Å². The molecule has 1 amide bonds. The van der Waals surface area contributed by atoms with Crippen LogP contribution in [0.15, 0.2) is 30.6 Å². The van der Waals surface area contributed by atoms with E-state index >= 15 is 0 Å². The van der Waals surface area contributed by atoms with Crippen LogP contribution in [0.2, 0.25) is 4.34 Å². The van der Waals surface area contributed by atoms with Crippen molar-refractivity contribution in [2.75, 3.05) is 5.32 Å². The third kappa shape index (κ3) is 2.63. The SMILES string of the molecule is O=C(Nc1ccncc1[N+](=O)[O-])c1ccc(Cl)s1. The van der Waals surface area contributed by atoms with E-state index in [1.165, 1.54) is 12.3 Å². The smallest absolute Gasteiger partial charge is 0.310 e. The molecular formula is C10H6ClN3O3S. The van der Waals surface area contributed by atoms with E-state index < -0.39 is 10.8 Å². The third-order valence-corrected chi connectivity index (χ3v) is 3.27. The normalized spacial score (nSPS) is 10.1. The molecule has 0 aromatic carbocycles. The summed E-state index contributed by atoms with van der Waals surface area (Å²) in [5, 5.41) is 13.2. The highest BCUT2D eigenvalue weighted by Gasteiger charge is 2.17. The summed E-state index contributed by atoms with van der Waals surface area (Å²) in [5.74, 6) is -0.443. The molecule has 18 heavy (non-hydrogen) atoms. The Kier molecular flexibility index (Phi) is 3.54. The number of amides is 1. The number of hydrogen-bond donors (Lipinski definition) is 1. The molecule has 2 aromatic rings. The molecule has 0 aliphatic heterocycles. The first-order valence-electron chi connectivity index (χ1n) is 4.73. The maximum Gasteiger partial charge on any atom is 0.310 e. The first-order valence-corrected chi connectivity index (χ1v) is 5.92. The second-order valence-corrected chi connectivity index (χ2v) is 4.92. The van der Waals surface area contributed by atoms with E-state index in [1.807, 2.05) is 0 Å². The lowest BCUT2D eigenvalue weighted by molar-refractivity contribution is -0.384. The molecule has 0 saturated carbocycles. The number of nitrogens with one attached hydrogen (secondary N) is 1. The molecule has 0 spiro atoms. The van der Waals surface area contributed by atoms with Crippen LogP contribution in [-0.2, 0) is 0 Å². The Morgan fingerprint density at radius 1 is 1.44 bits per heavy atom. The Morgan fingerprint density at radius 3 is 2.83 bits per heavy atom. The topological polar surface area (TPSA) is 85.1 Å². The van der Waals surface area contributed by atoms with Crippen LogP contribution >= 0.6 is 22.9 Å². The number of hydrogen-bond acceptors (Lipinski definition) is 5. The lowest BCUT2D eigenvalue weighted by Gasteiger charge is -2.03. The van der Waals surface area contributed by atoms with Crippen molar-refractivity contribution in [1.82, 2.24) is 4.98 Å². The summed E-state index contributed by atoms with van der Waals surface area (Å²) in [7, 11) is 0. The predicted molar refractivity (Wildman–Crippen MR) is 68.2 cm³/mol. The Labute approximate surface area is 110 Å². The molecule has 1 N–H and O–H groups in total. The van der Waals surface area contributed by atoms with Gasteiger partial charge < -0.3 is 5.32 Å². The van der Waals surface area contributed by atoms with E-state index in [0.29, 0.717) is 9.21 Å². The molecule has 0 fully saturated rings. The highest BCUT2D eigenvalue weighted by atomic mass is 35.5. The van der Waals surface area contributed by atoms with Crippen LogP contribution in [0, 0.1) is 10.1 Å². The summed E-state index contributed by atoms with van der Waals surface area (Å²) in [4.78, 5) is 26.0. The van der Waals surface area contributed by atoms with Crippen LogP contribution in [0.1, 0.15) is 9.67 Å². The van der Waals surface area contributed by atoms with E-state index in [9.17, 15) is 14.9 Å². The molecule has 0 atom stereocenters. The maximum atomic E-state index is 11.8. The monoisotopic (exact) mass is 283 g/mol. The summed E-state index contributed by atoms with van der Waals surface area (Å²) in [6.45, 7) is 0. The molecule has 0 aliphatic carbocycles. The molecule has 2 rings (SSSR count). The zero-order valence-electron chi connectivity index (χ0n) is 8.79. The van der Waals surface area contributed by atoms with Crippen molar-refractivity contribution < 1.29 is 9.72 Å². The van der Waals surface area contributed by atoms with E-state index in [2.05, 4.69) is 10.3 Å². The van der Waals surface area contributed by atoms with Crippen molar-refractivity contribution in [2.45, 2.75) is 0 Å². The second kappa shape index (κ2) is 5.11. The summed E-state index contributed by atoms with van der Waals surface area (Å²) >= 11 is 6.81. The highest BCUT2D eigenvalue weighted by Crippen LogP contribution is 2.25. The summed E-state index contributed by atoms with van der Waals surface area (Å²) in [6, 6.07) is 4.50. The minimum atomic E-state index is -0.607.